The summed E-state index contributed by atoms with van der Waals surface area (Å²) in [5.41, 5.74) is 1.84. The van der Waals surface area contributed by atoms with Crippen molar-refractivity contribution in [1.29, 1.82) is 0 Å². The zero-order chi connectivity index (χ0) is 20.3. The lowest BCUT2D eigenvalue weighted by Crippen LogP contribution is -2.45. The van der Waals surface area contributed by atoms with Gasteiger partial charge >= 0.3 is 0 Å². The molecule has 0 radical (unpaired) electrons. The van der Waals surface area contributed by atoms with Crippen LogP contribution < -0.4 is 5.32 Å². The number of rotatable bonds is 5. The first-order chi connectivity index (χ1) is 14.1. The van der Waals surface area contributed by atoms with E-state index in [4.69, 9.17) is 16.0 Å². The molecule has 5 nitrogen and oxygen atoms in total. The number of nitrogens with one attached hydrogen (secondary N) is 1. The second-order valence-corrected chi connectivity index (χ2v) is 8.73. The van der Waals surface area contributed by atoms with Gasteiger partial charge in [-0.3, -0.25) is 9.59 Å². The van der Waals surface area contributed by atoms with E-state index in [1.807, 2.05) is 12.1 Å². The van der Waals surface area contributed by atoms with Gasteiger partial charge in [0.2, 0.25) is 5.91 Å². The first kappa shape index (κ1) is 20.0. The second kappa shape index (κ2) is 8.62. The van der Waals surface area contributed by atoms with Crippen molar-refractivity contribution in [3.63, 3.8) is 0 Å². The molecule has 1 aromatic carbocycles. The molecule has 0 unspecified atom stereocenters. The lowest BCUT2D eigenvalue weighted by atomic mass is 9.78. The van der Waals surface area contributed by atoms with E-state index >= 15 is 0 Å². The zero-order valence-corrected chi connectivity index (χ0v) is 17.3. The van der Waals surface area contributed by atoms with E-state index in [0.29, 0.717) is 38.0 Å². The molecule has 6 heteroatoms. The molecule has 2 amide bonds. The third-order valence-corrected chi connectivity index (χ3v) is 6.79. The number of hydrogen-bond acceptors (Lipinski definition) is 3. The van der Waals surface area contributed by atoms with Crippen LogP contribution in [-0.4, -0.2) is 36.3 Å². The van der Waals surface area contributed by atoms with E-state index in [-0.39, 0.29) is 23.1 Å². The fraction of sp³-hybridized carbons (Fsp3) is 0.478. The maximum atomic E-state index is 12.8. The van der Waals surface area contributed by atoms with Crippen molar-refractivity contribution in [1.82, 2.24) is 10.2 Å². The van der Waals surface area contributed by atoms with Gasteiger partial charge in [-0.1, -0.05) is 36.6 Å². The Kier molecular flexibility index (Phi) is 5.95. The van der Waals surface area contributed by atoms with E-state index < -0.39 is 0 Å². The maximum absolute atomic E-state index is 12.8. The normalized spacial score (nSPS) is 19.3. The van der Waals surface area contributed by atoms with Crippen LogP contribution in [0.15, 0.2) is 47.3 Å². The number of carbonyl (C=O) groups excluding carboxylic acids is 2. The number of hydrogen-bond donors (Lipinski definition) is 1. The highest BCUT2D eigenvalue weighted by atomic mass is 35.5. The van der Waals surface area contributed by atoms with Gasteiger partial charge in [0.25, 0.3) is 5.91 Å². The zero-order valence-electron chi connectivity index (χ0n) is 16.5. The minimum absolute atomic E-state index is 0.0121. The predicted octanol–water partition coefficient (Wildman–Crippen LogP) is 4.41. The average molecular weight is 415 g/mol. The van der Waals surface area contributed by atoms with Crippen molar-refractivity contribution in [2.45, 2.75) is 43.9 Å². The van der Waals surface area contributed by atoms with E-state index in [1.165, 1.54) is 30.9 Å². The predicted molar refractivity (Wildman–Crippen MR) is 112 cm³/mol. The number of furan rings is 1. The van der Waals surface area contributed by atoms with Gasteiger partial charge in [0.1, 0.15) is 6.26 Å². The number of benzene rings is 1. The molecule has 2 aromatic rings. The Morgan fingerprint density at radius 1 is 1.10 bits per heavy atom. The van der Waals surface area contributed by atoms with Gasteiger partial charge in [-0.2, -0.15) is 0 Å². The molecule has 2 aliphatic rings. The molecule has 1 N–H and O–H groups in total. The molecule has 0 spiro atoms. The lowest BCUT2D eigenvalue weighted by molar-refractivity contribution is -0.126. The second-order valence-electron chi connectivity index (χ2n) is 8.29. The summed E-state index contributed by atoms with van der Waals surface area (Å²) in [7, 11) is 0. The van der Waals surface area contributed by atoms with E-state index in [0.717, 1.165) is 17.9 Å². The summed E-state index contributed by atoms with van der Waals surface area (Å²) in [6.07, 6.45) is 8.93. The van der Waals surface area contributed by atoms with E-state index in [2.05, 4.69) is 17.4 Å². The largest absolute Gasteiger partial charge is 0.472 e. The number of carbonyl (C=O) groups is 2. The number of halogens is 1. The molecule has 1 aromatic heterocycles. The topological polar surface area (TPSA) is 62.6 Å². The number of likely N-dealkylation sites (tertiary alicyclic amines) is 1. The fourth-order valence-electron chi connectivity index (χ4n) is 4.74. The Morgan fingerprint density at radius 3 is 2.41 bits per heavy atom. The highest BCUT2D eigenvalue weighted by Crippen LogP contribution is 2.41. The fourth-order valence-corrected chi connectivity index (χ4v) is 4.86. The van der Waals surface area contributed by atoms with Crippen molar-refractivity contribution < 1.29 is 14.0 Å². The molecule has 0 atom stereocenters. The van der Waals surface area contributed by atoms with Gasteiger partial charge in [0, 0.05) is 36.0 Å². The first-order valence-corrected chi connectivity index (χ1v) is 10.8. The number of amides is 2. The number of piperidine rings is 1. The number of nitrogens with zero attached hydrogens (tertiary/aromatic N) is 1. The molecule has 1 saturated heterocycles. The summed E-state index contributed by atoms with van der Waals surface area (Å²) >= 11 is 6.06. The van der Waals surface area contributed by atoms with Crippen LogP contribution in [0, 0.1) is 5.92 Å². The molecule has 1 saturated carbocycles. The lowest BCUT2D eigenvalue weighted by Gasteiger charge is -2.33. The van der Waals surface area contributed by atoms with Crippen molar-refractivity contribution in [3.05, 3.63) is 59.0 Å². The minimum Gasteiger partial charge on any atom is -0.472 e. The van der Waals surface area contributed by atoms with Gasteiger partial charge in [-0.15, -0.1) is 0 Å². The van der Waals surface area contributed by atoms with Crippen LogP contribution in [-0.2, 0) is 10.2 Å². The van der Waals surface area contributed by atoms with Crippen LogP contribution in [0.1, 0.15) is 54.4 Å². The van der Waals surface area contributed by atoms with Crippen LogP contribution in [0.5, 0.6) is 0 Å². The summed E-state index contributed by atoms with van der Waals surface area (Å²) in [5, 5.41) is 3.97. The Bertz CT molecular complexity index is 834. The monoisotopic (exact) mass is 414 g/mol. The highest BCUT2D eigenvalue weighted by Gasteiger charge is 2.37. The Labute approximate surface area is 176 Å². The molecule has 1 aliphatic carbocycles. The standard InChI is InChI=1S/C23H27ClN2O3/c24-20-5-3-19(4-6-20)23(10-1-2-11-23)16-25-21(27)17-7-12-26(13-8-17)22(28)18-9-14-29-15-18/h3-6,9,14-15,17H,1-2,7-8,10-13,16H2,(H,25,27). The Balaban J connectivity index is 1.32. The van der Waals surface area contributed by atoms with Crippen LogP contribution >= 0.6 is 11.6 Å². The molecule has 154 valence electrons. The van der Waals surface area contributed by atoms with Gasteiger partial charge in [0.15, 0.2) is 0 Å². The molecule has 0 bridgehead atoms. The third kappa shape index (κ3) is 4.35. The van der Waals surface area contributed by atoms with Gasteiger partial charge in [-0.05, 0) is 49.4 Å². The molecule has 2 fully saturated rings. The third-order valence-electron chi connectivity index (χ3n) is 6.54. The van der Waals surface area contributed by atoms with E-state index in [9.17, 15) is 9.59 Å². The Hall–Kier alpha value is -2.27. The quantitative estimate of drug-likeness (QED) is 0.788. The van der Waals surface area contributed by atoms with Gasteiger partial charge in [-0.25, -0.2) is 0 Å². The SMILES string of the molecule is O=C(NCC1(c2ccc(Cl)cc2)CCCC1)C1CCN(C(=O)c2ccoc2)CC1. The van der Waals surface area contributed by atoms with Crippen molar-refractivity contribution in [3.8, 4) is 0 Å². The molecular formula is C23H27ClN2O3. The smallest absolute Gasteiger partial charge is 0.257 e. The van der Waals surface area contributed by atoms with E-state index in [1.54, 1.807) is 11.0 Å². The first-order valence-electron chi connectivity index (χ1n) is 10.4. The van der Waals surface area contributed by atoms with Crippen LogP contribution in [0.3, 0.4) is 0 Å². The van der Waals surface area contributed by atoms with Gasteiger partial charge in [0.05, 0.1) is 11.8 Å². The summed E-state index contributed by atoms with van der Waals surface area (Å²) in [4.78, 5) is 27.1. The van der Waals surface area contributed by atoms with Crippen molar-refractivity contribution >= 4 is 23.4 Å². The highest BCUT2D eigenvalue weighted by molar-refractivity contribution is 6.30. The summed E-state index contributed by atoms with van der Waals surface area (Å²) < 4.78 is 5.00. The summed E-state index contributed by atoms with van der Waals surface area (Å²) in [6.45, 7) is 1.87. The molecule has 1 aliphatic heterocycles. The molecule has 2 heterocycles. The summed E-state index contributed by atoms with van der Waals surface area (Å²) in [6, 6.07) is 9.75. The van der Waals surface area contributed by atoms with Crippen LogP contribution in [0.4, 0.5) is 0 Å². The molecule has 29 heavy (non-hydrogen) atoms. The Morgan fingerprint density at radius 2 is 1.79 bits per heavy atom. The average Bonchev–Trinajstić information content (AvgIpc) is 3.45. The van der Waals surface area contributed by atoms with Crippen molar-refractivity contribution in [2.24, 2.45) is 5.92 Å². The molecular weight excluding hydrogens is 388 g/mol. The van der Waals surface area contributed by atoms with Crippen LogP contribution in [0.25, 0.3) is 0 Å². The maximum Gasteiger partial charge on any atom is 0.257 e. The van der Waals surface area contributed by atoms with Crippen molar-refractivity contribution in [2.75, 3.05) is 19.6 Å². The minimum atomic E-state index is -0.0351. The van der Waals surface area contributed by atoms with Crippen LogP contribution in [0.2, 0.25) is 5.02 Å². The summed E-state index contributed by atoms with van der Waals surface area (Å²) in [5.74, 6) is 0.0537. The van der Waals surface area contributed by atoms with Gasteiger partial charge < -0.3 is 14.6 Å². The molecule has 4 rings (SSSR count).